The summed E-state index contributed by atoms with van der Waals surface area (Å²) in [5.41, 5.74) is 7.66. The van der Waals surface area contributed by atoms with Crippen molar-refractivity contribution in [3.8, 4) is 0 Å². The van der Waals surface area contributed by atoms with E-state index in [0.717, 1.165) is 22.9 Å². The van der Waals surface area contributed by atoms with E-state index in [2.05, 4.69) is 27.3 Å². The number of halogens is 1. The average Bonchev–Trinajstić information content (AvgIpc) is 2.40. The van der Waals surface area contributed by atoms with Crippen LogP contribution in [0.15, 0.2) is 22.7 Å². The number of carbonyl (C=O) groups excluding carboxylic acids is 1. The van der Waals surface area contributed by atoms with Crippen LogP contribution in [-0.4, -0.2) is 12.5 Å². The van der Waals surface area contributed by atoms with Gasteiger partial charge in [-0.05, 0) is 43.0 Å². The van der Waals surface area contributed by atoms with E-state index < -0.39 is 5.41 Å². The molecule has 0 heterocycles. The predicted molar refractivity (Wildman–Crippen MR) is 82.8 cm³/mol. The summed E-state index contributed by atoms with van der Waals surface area (Å²) in [5, 5.41) is 3.02. The number of hydrogen-bond acceptors (Lipinski definition) is 2. The second-order valence-corrected chi connectivity index (χ2v) is 5.86. The summed E-state index contributed by atoms with van der Waals surface area (Å²) in [7, 11) is 0. The fraction of sp³-hybridized carbons (Fsp3) is 0.533. The lowest BCUT2D eigenvalue weighted by molar-refractivity contribution is -0.131. The lowest BCUT2D eigenvalue weighted by Gasteiger charge is -2.28. The van der Waals surface area contributed by atoms with Gasteiger partial charge < -0.3 is 11.1 Å². The molecule has 0 saturated carbocycles. The van der Waals surface area contributed by atoms with E-state index >= 15 is 0 Å². The third-order valence-electron chi connectivity index (χ3n) is 3.97. The number of nitrogens with two attached hydrogens (primary N) is 1. The maximum absolute atomic E-state index is 12.3. The quantitative estimate of drug-likeness (QED) is 0.843. The Bertz CT molecular complexity index is 434. The molecule has 0 radical (unpaired) electrons. The second-order valence-electron chi connectivity index (χ2n) is 4.95. The molecule has 1 rings (SSSR count). The van der Waals surface area contributed by atoms with E-state index in [1.165, 1.54) is 5.56 Å². The minimum absolute atomic E-state index is 0.0577. The topological polar surface area (TPSA) is 55.1 Å². The summed E-state index contributed by atoms with van der Waals surface area (Å²) < 4.78 is 1.05. The number of nitrogens with one attached hydrogen (secondary N) is 1. The minimum atomic E-state index is -0.427. The van der Waals surface area contributed by atoms with Gasteiger partial charge >= 0.3 is 0 Å². The van der Waals surface area contributed by atoms with E-state index in [0.29, 0.717) is 13.1 Å². The second kappa shape index (κ2) is 7.06. The van der Waals surface area contributed by atoms with Crippen molar-refractivity contribution in [1.29, 1.82) is 0 Å². The van der Waals surface area contributed by atoms with Crippen LogP contribution in [0.3, 0.4) is 0 Å². The average molecular weight is 327 g/mol. The fourth-order valence-corrected chi connectivity index (χ4v) is 2.65. The number of amides is 1. The first-order valence-electron chi connectivity index (χ1n) is 6.72. The van der Waals surface area contributed by atoms with Crippen LogP contribution >= 0.6 is 15.9 Å². The summed E-state index contributed by atoms with van der Waals surface area (Å²) >= 11 is 3.44. The van der Waals surface area contributed by atoms with Crippen LogP contribution < -0.4 is 11.1 Å². The molecular formula is C15H23BrN2O. The summed E-state index contributed by atoms with van der Waals surface area (Å²) in [5.74, 6) is 0.0577. The number of hydrogen-bond donors (Lipinski definition) is 2. The third kappa shape index (κ3) is 3.80. The van der Waals surface area contributed by atoms with E-state index in [1.54, 1.807) is 0 Å². The van der Waals surface area contributed by atoms with Crippen LogP contribution in [0.2, 0.25) is 0 Å². The standard InChI is InChI=1S/C15H23BrN2O/c1-4-15(5-2,10-17)14(19)18-9-12-6-7-13(16)8-11(12)3/h6-8H,4-5,9-10,17H2,1-3H3,(H,18,19). The molecule has 0 aromatic heterocycles. The van der Waals surface area contributed by atoms with Gasteiger partial charge in [0.15, 0.2) is 0 Å². The summed E-state index contributed by atoms with van der Waals surface area (Å²) in [6.07, 6.45) is 1.54. The molecule has 1 aromatic carbocycles. The minimum Gasteiger partial charge on any atom is -0.351 e. The van der Waals surface area contributed by atoms with Gasteiger partial charge in [0.1, 0.15) is 0 Å². The highest BCUT2D eigenvalue weighted by molar-refractivity contribution is 9.10. The molecule has 0 atom stereocenters. The van der Waals surface area contributed by atoms with Gasteiger partial charge in [-0.25, -0.2) is 0 Å². The SMILES string of the molecule is CCC(CC)(CN)C(=O)NCc1ccc(Br)cc1C. The molecule has 19 heavy (non-hydrogen) atoms. The van der Waals surface area contributed by atoms with Gasteiger partial charge in [-0.3, -0.25) is 4.79 Å². The fourth-order valence-electron chi connectivity index (χ4n) is 2.17. The van der Waals surface area contributed by atoms with Crippen molar-refractivity contribution in [3.05, 3.63) is 33.8 Å². The van der Waals surface area contributed by atoms with E-state index in [4.69, 9.17) is 5.73 Å². The Morgan fingerprint density at radius 2 is 2.00 bits per heavy atom. The first-order valence-corrected chi connectivity index (χ1v) is 7.51. The zero-order valence-electron chi connectivity index (χ0n) is 11.9. The number of carbonyl (C=O) groups is 1. The summed E-state index contributed by atoms with van der Waals surface area (Å²) in [6, 6.07) is 6.07. The highest BCUT2D eigenvalue weighted by Gasteiger charge is 2.32. The first kappa shape index (κ1) is 16.2. The Hall–Kier alpha value is -0.870. The number of aryl methyl sites for hydroxylation is 1. The molecule has 0 saturated heterocycles. The zero-order valence-corrected chi connectivity index (χ0v) is 13.5. The molecule has 106 valence electrons. The van der Waals surface area contributed by atoms with E-state index in [1.807, 2.05) is 32.9 Å². The number of benzene rings is 1. The van der Waals surface area contributed by atoms with E-state index in [-0.39, 0.29) is 5.91 Å². The Morgan fingerprint density at radius 3 is 2.47 bits per heavy atom. The van der Waals surface area contributed by atoms with Gasteiger partial charge in [0.05, 0.1) is 5.41 Å². The summed E-state index contributed by atoms with van der Waals surface area (Å²) in [6.45, 7) is 7.02. The molecule has 1 aromatic rings. The molecule has 0 unspecified atom stereocenters. The van der Waals surface area contributed by atoms with Crippen molar-refractivity contribution in [2.45, 2.75) is 40.2 Å². The molecular weight excluding hydrogens is 304 g/mol. The van der Waals surface area contributed by atoms with Gasteiger partial charge in [0, 0.05) is 17.6 Å². The molecule has 0 spiro atoms. The van der Waals surface area contributed by atoms with Crippen LogP contribution in [0.5, 0.6) is 0 Å². The van der Waals surface area contributed by atoms with Crippen molar-refractivity contribution in [3.63, 3.8) is 0 Å². The molecule has 3 nitrogen and oxygen atoms in total. The van der Waals surface area contributed by atoms with Crippen molar-refractivity contribution in [2.75, 3.05) is 6.54 Å². The largest absolute Gasteiger partial charge is 0.351 e. The normalized spacial score (nSPS) is 11.4. The van der Waals surface area contributed by atoms with Gasteiger partial charge in [-0.15, -0.1) is 0 Å². The van der Waals surface area contributed by atoms with Gasteiger partial charge in [0.25, 0.3) is 0 Å². The highest BCUT2D eigenvalue weighted by atomic mass is 79.9. The van der Waals surface area contributed by atoms with Crippen molar-refractivity contribution >= 4 is 21.8 Å². The smallest absolute Gasteiger partial charge is 0.227 e. The van der Waals surface area contributed by atoms with Crippen LogP contribution in [-0.2, 0) is 11.3 Å². The molecule has 0 aliphatic carbocycles. The molecule has 0 aliphatic rings. The van der Waals surface area contributed by atoms with Crippen LogP contribution in [0.4, 0.5) is 0 Å². The van der Waals surface area contributed by atoms with Crippen LogP contribution in [0.25, 0.3) is 0 Å². The Kier molecular flexibility index (Phi) is 6.01. The van der Waals surface area contributed by atoms with Crippen molar-refractivity contribution in [2.24, 2.45) is 11.1 Å². The van der Waals surface area contributed by atoms with Gasteiger partial charge in [-0.2, -0.15) is 0 Å². The van der Waals surface area contributed by atoms with Crippen LogP contribution in [0, 0.1) is 12.3 Å². The molecule has 1 amide bonds. The Labute approximate surface area is 124 Å². The highest BCUT2D eigenvalue weighted by Crippen LogP contribution is 2.25. The zero-order chi connectivity index (χ0) is 14.5. The van der Waals surface area contributed by atoms with Crippen LogP contribution in [0.1, 0.15) is 37.8 Å². The monoisotopic (exact) mass is 326 g/mol. The third-order valence-corrected chi connectivity index (χ3v) is 4.46. The lowest BCUT2D eigenvalue weighted by atomic mass is 9.81. The van der Waals surface area contributed by atoms with E-state index in [9.17, 15) is 4.79 Å². The number of rotatable bonds is 6. The molecule has 4 heteroatoms. The predicted octanol–water partition coefficient (Wildman–Crippen LogP) is 3.14. The summed E-state index contributed by atoms with van der Waals surface area (Å²) in [4.78, 5) is 12.3. The Morgan fingerprint density at radius 1 is 1.37 bits per heavy atom. The van der Waals surface area contributed by atoms with Crippen molar-refractivity contribution in [1.82, 2.24) is 5.32 Å². The first-order chi connectivity index (χ1) is 8.99. The maximum atomic E-state index is 12.3. The molecule has 0 fully saturated rings. The van der Waals surface area contributed by atoms with Gasteiger partial charge in [-0.1, -0.05) is 35.8 Å². The maximum Gasteiger partial charge on any atom is 0.227 e. The Balaban J connectivity index is 2.73. The van der Waals surface area contributed by atoms with Crippen molar-refractivity contribution < 1.29 is 4.79 Å². The molecule has 3 N–H and O–H groups in total. The molecule has 0 bridgehead atoms. The molecule has 0 aliphatic heterocycles. The van der Waals surface area contributed by atoms with Gasteiger partial charge in [0.2, 0.25) is 5.91 Å². The lowest BCUT2D eigenvalue weighted by Crippen LogP contribution is -2.45.